The summed E-state index contributed by atoms with van der Waals surface area (Å²) < 4.78 is 9.90. The quantitative estimate of drug-likeness (QED) is 0.483. The SMILES string of the molecule is COC(=O)c1ccc(Oc2cccnc2)c([N+](=O)[O-])c1. The van der Waals surface area contributed by atoms with Crippen LogP contribution in [0, 0.1) is 10.1 Å². The maximum atomic E-state index is 11.4. The van der Waals surface area contributed by atoms with E-state index in [2.05, 4.69) is 9.72 Å². The lowest BCUT2D eigenvalue weighted by atomic mass is 10.2. The molecule has 0 atom stereocenters. The number of hydrogen-bond acceptors (Lipinski definition) is 6. The number of nitro benzene ring substituents is 1. The van der Waals surface area contributed by atoms with Crippen LogP contribution < -0.4 is 4.74 Å². The minimum atomic E-state index is -0.652. The van der Waals surface area contributed by atoms with Gasteiger partial charge in [-0.05, 0) is 24.3 Å². The lowest BCUT2D eigenvalue weighted by Crippen LogP contribution is -2.03. The van der Waals surface area contributed by atoms with E-state index in [0.717, 1.165) is 6.07 Å². The first-order valence-corrected chi connectivity index (χ1v) is 5.56. The normalized spacial score (nSPS) is 9.85. The van der Waals surface area contributed by atoms with Gasteiger partial charge >= 0.3 is 11.7 Å². The molecule has 102 valence electrons. The van der Waals surface area contributed by atoms with E-state index >= 15 is 0 Å². The molecule has 1 heterocycles. The molecule has 0 fully saturated rings. The number of carbonyl (C=O) groups excluding carboxylic acids is 1. The van der Waals surface area contributed by atoms with Gasteiger partial charge in [0.15, 0.2) is 0 Å². The Morgan fingerprint density at radius 1 is 1.35 bits per heavy atom. The first-order chi connectivity index (χ1) is 9.61. The lowest BCUT2D eigenvalue weighted by Gasteiger charge is -2.06. The maximum absolute atomic E-state index is 11.4. The van der Waals surface area contributed by atoms with Crippen molar-refractivity contribution >= 4 is 11.7 Å². The van der Waals surface area contributed by atoms with Crippen LogP contribution in [-0.2, 0) is 4.74 Å². The van der Waals surface area contributed by atoms with Crippen LogP contribution in [0.4, 0.5) is 5.69 Å². The first kappa shape index (κ1) is 13.5. The highest BCUT2D eigenvalue weighted by Crippen LogP contribution is 2.31. The standard InChI is InChI=1S/C13H10N2O5/c1-19-13(16)9-4-5-12(11(7-9)15(17)18)20-10-3-2-6-14-8-10/h2-8H,1H3. The van der Waals surface area contributed by atoms with Gasteiger partial charge in [0.05, 0.1) is 23.8 Å². The van der Waals surface area contributed by atoms with Crippen LogP contribution in [-0.4, -0.2) is 23.0 Å². The number of methoxy groups -OCH3 is 1. The molecule has 7 heteroatoms. The Morgan fingerprint density at radius 3 is 2.75 bits per heavy atom. The van der Waals surface area contributed by atoms with Gasteiger partial charge in [-0.2, -0.15) is 0 Å². The van der Waals surface area contributed by atoms with Crippen LogP contribution in [0.25, 0.3) is 0 Å². The number of benzene rings is 1. The average molecular weight is 274 g/mol. The second kappa shape index (κ2) is 5.79. The summed E-state index contributed by atoms with van der Waals surface area (Å²) >= 11 is 0. The van der Waals surface area contributed by atoms with Gasteiger partial charge in [0.25, 0.3) is 0 Å². The Bertz CT molecular complexity index is 642. The van der Waals surface area contributed by atoms with Crippen LogP contribution in [0.5, 0.6) is 11.5 Å². The second-order valence-corrected chi connectivity index (χ2v) is 3.72. The molecule has 0 N–H and O–H groups in total. The van der Waals surface area contributed by atoms with E-state index in [-0.39, 0.29) is 17.0 Å². The van der Waals surface area contributed by atoms with Crippen LogP contribution in [0.3, 0.4) is 0 Å². The largest absolute Gasteiger partial charge is 0.465 e. The number of pyridine rings is 1. The second-order valence-electron chi connectivity index (χ2n) is 3.72. The molecule has 1 aromatic carbocycles. The molecular weight excluding hydrogens is 264 g/mol. The van der Waals surface area contributed by atoms with Crippen molar-refractivity contribution in [2.75, 3.05) is 7.11 Å². The van der Waals surface area contributed by atoms with Crippen LogP contribution in [0.2, 0.25) is 0 Å². The highest BCUT2D eigenvalue weighted by atomic mass is 16.6. The molecule has 20 heavy (non-hydrogen) atoms. The van der Waals surface area contributed by atoms with Gasteiger partial charge in [0.1, 0.15) is 5.75 Å². The van der Waals surface area contributed by atoms with Crippen molar-refractivity contribution in [3.8, 4) is 11.5 Å². The topological polar surface area (TPSA) is 91.6 Å². The molecule has 0 bridgehead atoms. The smallest absolute Gasteiger partial charge is 0.338 e. The Labute approximate surface area is 113 Å². The molecule has 0 unspecified atom stereocenters. The summed E-state index contributed by atoms with van der Waals surface area (Å²) in [5.74, 6) is -0.266. The number of hydrogen-bond donors (Lipinski definition) is 0. The number of ether oxygens (including phenoxy) is 2. The molecule has 7 nitrogen and oxygen atoms in total. The number of nitro groups is 1. The summed E-state index contributed by atoms with van der Waals surface area (Å²) in [5.41, 5.74) is -0.241. The van der Waals surface area contributed by atoms with Gasteiger partial charge in [-0.25, -0.2) is 4.79 Å². The number of esters is 1. The van der Waals surface area contributed by atoms with Crippen molar-refractivity contribution in [2.24, 2.45) is 0 Å². The maximum Gasteiger partial charge on any atom is 0.338 e. The molecule has 2 rings (SSSR count). The summed E-state index contributed by atoms with van der Waals surface area (Å²) in [7, 11) is 1.20. The molecule has 0 aliphatic heterocycles. The zero-order chi connectivity index (χ0) is 14.5. The molecule has 2 aromatic rings. The first-order valence-electron chi connectivity index (χ1n) is 5.56. The predicted molar refractivity (Wildman–Crippen MR) is 68.7 cm³/mol. The van der Waals surface area contributed by atoms with Crippen molar-refractivity contribution in [1.82, 2.24) is 4.98 Å². The summed E-state index contributed by atoms with van der Waals surface area (Å²) in [6.07, 6.45) is 2.99. The number of nitrogens with zero attached hydrogens (tertiary/aromatic N) is 2. The van der Waals surface area contributed by atoms with E-state index in [0.29, 0.717) is 5.75 Å². The number of aromatic nitrogens is 1. The van der Waals surface area contributed by atoms with Crippen molar-refractivity contribution in [3.05, 3.63) is 58.4 Å². The van der Waals surface area contributed by atoms with Crippen LogP contribution >= 0.6 is 0 Å². The minimum absolute atomic E-state index is 0.0238. The van der Waals surface area contributed by atoms with Crippen molar-refractivity contribution in [1.29, 1.82) is 0 Å². The molecule has 0 aliphatic carbocycles. The van der Waals surface area contributed by atoms with Gasteiger partial charge in [-0.15, -0.1) is 0 Å². The van der Waals surface area contributed by atoms with Gasteiger partial charge in [0.2, 0.25) is 5.75 Å². The Morgan fingerprint density at radius 2 is 2.15 bits per heavy atom. The van der Waals surface area contributed by atoms with E-state index in [4.69, 9.17) is 4.74 Å². The van der Waals surface area contributed by atoms with E-state index in [1.165, 1.54) is 25.4 Å². The molecule has 0 saturated heterocycles. The van der Waals surface area contributed by atoms with Crippen LogP contribution in [0.15, 0.2) is 42.7 Å². The zero-order valence-corrected chi connectivity index (χ0v) is 10.5. The summed E-state index contributed by atoms with van der Waals surface area (Å²) in [4.78, 5) is 25.6. The van der Waals surface area contributed by atoms with Gasteiger partial charge in [-0.3, -0.25) is 15.1 Å². The highest BCUT2D eigenvalue weighted by Gasteiger charge is 2.19. The molecule has 0 aliphatic rings. The average Bonchev–Trinajstić information content (AvgIpc) is 2.47. The fraction of sp³-hybridized carbons (Fsp3) is 0.0769. The fourth-order valence-electron chi connectivity index (χ4n) is 1.53. The van der Waals surface area contributed by atoms with Crippen molar-refractivity contribution < 1.29 is 19.2 Å². The van der Waals surface area contributed by atoms with E-state index in [1.807, 2.05) is 0 Å². The van der Waals surface area contributed by atoms with Crippen molar-refractivity contribution in [3.63, 3.8) is 0 Å². The molecule has 0 saturated carbocycles. The Hall–Kier alpha value is -2.96. The third-order valence-electron chi connectivity index (χ3n) is 2.44. The summed E-state index contributed by atoms with van der Waals surface area (Å²) in [5, 5.41) is 11.0. The third kappa shape index (κ3) is 2.89. The summed E-state index contributed by atoms with van der Waals surface area (Å²) in [6.45, 7) is 0. The monoisotopic (exact) mass is 274 g/mol. The number of carbonyl (C=O) groups is 1. The van der Waals surface area contributed by atoms with Crippen molar-refractivity contribution in [2.45, 2.75) is 0 Å². The fourth-order valence-corrected chi connectivity index (χ4v) is 1.53. The van der Waals surface area contributed by atoms with Gasteiger partial charge < -0.3 is 9.47 Å². The van der Waals surface area contributed by atoms with E-state index < -0.39 is 10.9 Å². The molecule has 1 aromatic heterocycles. The molecular formula is C13H10N2O5. The van der Waals surface area contributed by atoms with E-state index in [1.54, 1.807) is 18.3 Å². The van der Waals surface area contributed by atoms with Crippen LogP contribution in [0.1, 0.15) is 10.4 Å². The molecule has 0 spiro atoms. The van der Waals surface area contributed by atoms with E-state index in [9.17, 15) is 14.9 Å². The predicted octanol–water partition coefficient (Wildman–Crippen LogP) is 2.57. The molecule has 0 amide bonds. The summed E-state index contributed by atoms with van der Waals surface area (Å²) in [6, 6.07) is 7.11. The third-order valence-corrected chi connectivity index (χ3v) is 2.44. The van der Waals surface area contributed by atoms with Gasteiger partial charge in [-0.1, -0.05) is 0 Å². The molecule has 0 radical (unpaired) electrons. The number of rotatable bonds is 4. The highest BCUT2D eigenvalue weighted by molar-refractivity contribution is 5.90. The zero-order valence-electron chi connectivity index (χ0n) is 10.5. The minimum Gasteiger partial charge on any atom is -0.465 e. The Kier molecular flexibility index (Phi) is 3.90. The Balaban J connectivity index is 2.38. The lowest BCUT2D eigenvalue weighted by molar-refractivity contribution is -0.385. The van der Waals surface area contributed by atoms with Gasteiger partial charge in [0, 0.05) is 12.3 Å².